The van der Waals surface area contributed by atoms with Crippen molar-refractivity contribution in [1.29, 1.82) is 0 Å². The second-order valence-corrected chi connectivity index (χ2v) is 3.92. The molecule has 0 bridgehead atoms. The van der Waals surface area contributed by atoms with Crippen LogP contribution in [0.25, 0.3) is 0 Å². The number of methoxy groups -OCH3 is 1. The Labute approximate surface area is 88.4 Å². The van der Waals surface area contributed by atoms with Gasteiger partial charge in [0.15, 0.2) is 0 Å². The lowest BCUT2D eigenvalue weighted by Crippen LogP contribution is -2.23. The lowest BCUT2D eigenvalue weighted by Gasteiger charge is -2.16. The maximum atomic E-state index is 5.47. The molecule has 0 atom stereocenters. The SMILES string of the molecule is COCCCN(C)CCCOC(C)C. The summed E-state index contributed by atoms with van der Waals surface area (Å²) in [4.78, 5) is 2.32. The van der Waals surface area contributed by atoms with Crippen molar-refractivity contribution in [2.45, 2.75) is 32.8 Å². The molecule has 0 heterocycles. The van der Waals surface area contributed by atoms with Gasteiger partial charge in [-0.15, -0.1) is 0 Å². The molecule has 0 rings (SSSR count). The summed E-state index contributed by atoms with van der Waals surface area (Å²) in [6.45, 7) is 8.08. The molecule has 0 saturated carbocycles. The van der Waals surface area contributed by atoms with Crippen LogP contribution in [0.3, 0.4) is 0 Å². The second kappa shape index (κ2) is 9.44. The minimum atomic E-state index is 0.355. The smallest absolute Gasteiger partial charge is 0.0518 e. The Balaban J connectivity index is 3.14. The molecule has 0 aromatic rings. The first-order valence-electron chi connectivity index (χ1n) is 5.46. The second-order valence-electron chi connectivity index (χ2n) is 3.92. The van der Waals surface area contributed by atoms with Crippen LogP contribution in [-0.2, 0) is 9.47 Å². The standard InChI is InChI=1S/C11H25NO2/c1-11(2)14-10-6-8-12(3)7-5-9-13-4/h11H,5-10H2,1-4H3. The first-order chi connectivity index (χ1) is 6.66. The Hall–Kier alpha value is -0.120. The minimum absolute atomic E-state index is 0.355. The zero-order valence-electron chi connectivity index (χ0n) is 10.1. The number of rotatable bonds is 9. The Morgan fingerprint density at radius 2 is 1.64 bits per heavy atom. The molecule has 0 aliphatic carbocycles. The van der Waals surface area contributed by atoms with E-state index in [4.69, 9.17) is 9.47 Å². The van der Waals surface area contributed by atoms with Gasteiger partial charge in [0.25, 0.3) is 0 Å². The summed E-state index contributed by atoms with van der Waals surface area (Å²) in [7, 11) is 3.89. The zero-order chi connectivity index (χ0) is 10.8. The molecule has 0 aliphatic heterocycles. The fraction of sp³-hybridized carbons (Fsp3) is 1.00. The lowest BCUT2D eigenvalue weighted by atomic mass is 10.3. The molecule has 3 heteroatoms. The van der Waals surface area contributed by atoms with E-state index in [-0.39, 0.29) is 0 Å². The van der Waals surface area contributed by atoms with Crippen molar-refractivity contribution in [2.75, 3.05) is 40.5 Å². The number of nitrogens with zero attached hydrogens (tertiary/aromatic N) is 1. The van der Waals surface area contributed by atoms with Crippen LogP contribution in [0, 0.1) is 0 Å². The summed E-state index contributed by atoms with van der Waals surface area (Å²) < 4.78 is 10.5. The van der Waals surface area contributed by atoms with Crippen LogP contribution in [0.15, 0.2) is 0 Å². The van der Waals surface area contributed by atoms with Gasteiger partial charge in [0.2, 0.25) is 0 Å². The minimum Gasteiger partial charge on any atom is -0.385 e. The number of ether oxygens (including phenoxy) is 2. The third-order valence-electron chi connectivity index (χ3n) is 2.02. The molecule has 0 amide bonds. The van der Waals surface area contributed by atoms with Gasteiger partial charge in [-0.05, 0) is 33.7 Å². The summed E-state index contributed by atoms with van der Waals surface area (Å²) in [6.07, 6.45) is 2.58. The van der Waals surface area contributed by atoms with Gasteiger partial charge >= 0.3 is 0 Å². The molecule has 0 fully saturated rings. The third-order valence-corrected chi connectivity index (χ3v) is 2.02. The normalized spacial score (nSPS) is 11.6. The van der Waals surface area contributed by atoms with Crippen LogP contribution < -0.4 is 0 Å². The van der Waals surface area contributed by atoms with Crippen LogP contribution in [0.5, 0.6) is 0 Å². The fourth-order valence-corrected chi connectivity index (χ4v) is 1.24. The summed E-state index contributed by atoms with van der Waals surface area (Å²) in [5.41, 5.74) is 0. The molecule has 0 N–H and O–H groups in total. The van der Waals surface area contributed by atoms with E-state index in [1.165, 1.54) is 0 Å². The van der Waals surface area contributed by atoms with Crippen molar-refractivity contribution >= 4 is 0 Å². The zero-order valence-corrected chi connectivity index (χ0v) is 10.1. The molecule has 0 aliphatic rings. The highest BCUT2D eigenvalue weighted by Crippen LogP contribution is 1.94. The highest BCUT2D eigenvalue weighted by Gasteiger charge is 1.98. The molecule has 0 spiro atoms. The number of hydrogen-bond acceptors (Lipinski definition) is 3. The monoisotopic (exact) mass is 203 g/mol. The van der Waals surface area contributed by atoms with Crippen LogP contribution in [0.1, 0.15) is 26.7 Å². The van der Waals surface area contributed by atoms with Crippen LogP contribution in [-0.4, -0.2) is 51.5 Å². The van der Waals surface area contributed by atoms with E-state index < -0.39 is 0 Å². The summed E-state index contributed by atoms with van der Waals surface area (Å²) in [6, 6.07) is 0. The van der Waals surface area contributed by atoms with Gasteiger partial charge in [0.1, 0.15) is 0 Å². The maximum Gasteiger partial charge on any atom is 0.0518 e. The van der Waals surface area contributed by atoms with Crippen molar-refractivity contribution in [1.82, 2.24) is 4.90 Å². The molecule has 0 radical (unpaired) electrons. The Bertz CT molecular complexity index is 118. The largest absolute Gasteiger partial charge is 0.385 e. The van der Waals surface area contributed by atoms with E-state index in [9.17, 15) is 0 Å². The van der Waals surface area contributed by atoms with E-state index in [2.05, 4.69) is 25.8 Å². The van der Waals surface area contributed by atoms with E-state index >= 15 is 0 Å². The molecule has 86 valence electrons. The molecule has 0 aromatic carbocycles. The first-order valence-corrected chi connectivity index (χ1v) is 5.46. The van der Waals surface area contributed by atoms with E-state index in [0.29, 0.717) is 6.10 Å². The van der Waals surface area contributed by atoms with Gasteiger partial charge in [0, 0.05) is 33.4 Å². The molecule has 0 unspecified atom stereocenters. The third kappa shape index (κ3) is 9.96. The average molecular weight is 203 g/mol. The average Bonchev–Trinajstić information content (AvgIpc) is 2.13. The fourth-order valence-electron chi connectivity index (χ4n) is 1.24. The Kier molecular flexibility index (Phi) is 9.35. The molecule has 3 nitrogen and oxygen atoms in total. The van der Waals surface area contributed by atoms with Gasteiger partial charge in [-0.3, -0.25) is 0 Å². The molecular weight excluding hydrogens is 178 g/mol. The maximum absolute atomic E-state index is 5.47. The van der Waals surface area contributed by atoms with Gasteiger partial charge in [-0.2, -0.15) is 0 Å². The summed E-state index contributed by atoms with van der Waals surface area (Å²) >= 11 is 0. The van der Waals surface area contributed by atoms with Gasteiger partial charge in [-0.1, -0.05) is 0 Å². The van der Waals surface area contributed by atoms with E-state index in [0.717, 1.165) is 39.1 Å². The van der Waals surface area contributed by atoms with Crippen LogP contribution in [0.4, 0.5) is 0 Å². The first kappa shape index (κ1) is 13.9. The molecular formula is C11H25NO2. The van der Waals surface area contributed by atoms with Crippen LogP contribution in [0.2, 0.25) is 0 Å². The van der Waals surface area contributed by atoms with Gasteiger partial charge in [0.05, 0.1) is 6.10 Å². The van der Waals surface area contributed by atoms with Gasteiger partial charge in [-0.25, -0.2) is 0 Å². The number of hydrogen-bond donors (Lipinski definition) is 0. The van der Waals surface area contributed by atoms with Crippen molar-refractivity contribution < 1.29 is 9.47 Å². The predicted molar refractivity (Wildman–Crippen MR) is 59.7 cm³/mol. The topological polar surface area (TPSA) is 21.7 Å². The van der Waals surface area contributed by atoms with E-state index in [1.807, 2.05) is 0 Å². The van der Waals surface area contributed by atoms with Crippen LogP contribution >= 0.6 is 0 Å². The van der Waals surface area contributed by atoms with E-state index in [1.54, 1.807) is 7.11 Å². The highest BCUT2D eigenvalue weighted by atomic mass is 16.5. The molecule has 0 aromatic heterocycles. The predicted octanol–water partition coefficient (Wildman–Crippen LogP) is 1.77. The summed E-state index contributed by atoms with van der Waals surface area (Å²) in [5.74, 6) is 0. The van der Waals surface area contributed by atoms with Crippen molar-refractivity contribution in [3.63, 3.8) is 0 Å². The van der Waals surface area contributed by atoms with Gasteiger partial charge < -0.3 is 14.4 Å². The van der Waals surface area contributed by atoms with Crippen molar-refractivity contribution in [3.8, 4) is 0 Å². The summed E-state index contributed by atoms with van der Waals surface area (Å²) in [5, 5.41) is 0. The Morgan fingerprint density at radius 1 is 1.07 bits per heavy atom. The lowest BCUT2D eigenvalue weighted by molar-refractivity contribution is 0.0715. The molecule has 14 heavy (non-hydrogen) atoms. The van der Waals surface area contributed by atoms with Crippen molar-refractivity contribution in [2.24, 2.45) is 0 Å². The Morgan fingerprint density at radius 3 is 2.14 bits per heavy atom. The van der Waals surface area contributed by atoms with Crippen molar-refractivity contribution in [3.05, 3.63) is 0 Å². The highest BCUT2D eigenvalue weighted by molar-refractivity contribution is 4.51. The quantitative estimate of drug-likeness (QED) is 0.533. The molecule has 0 saturated heterocycles.